The Morgan fingerprint density at radius 3 is 1.60 bits per heavy atom. The minimum Gasteiger partial charge on any atom is -0.232 e. The summed E-state index contributed by atoms with van der Waals surface area (Å²) in [6.07, 6.45) is 0. The van der Waals surface area contributed by atoms with Gasteiger partial charge in [-0.25, -0.2) is 9.98 Å². The number of nitrogens with zero attached hydrogens (tertiary/aromatic N) is 4. The summed E-state index contributed by atoms with van der Waals surface area (Å²) in [5.74, 6) is 0. The van der Waals surface area contributed by atoms with E-state index in [2.05, 4.69) is 18.7 Å². The van der Waals surface area contributed by atoms with Gasteiger partial charge in [0, 0.05) is 21.1 Å². The van der Waals surface area contributed by atoms with E-state index in [1.54, 1.807) is 0 Å². The third kappa shape index (κ3) is 3.16. The lowest BCUT2D eigenvalue weighted by Gasteiger charge is -1.97. The molecule has 0 atom stereocenters. The molecule has 0 radical (unpaired) electrons. The van der Waals surface area contributed by atoms with Crippen molar-refractivity contribution in [1.29, 1.82) is 0 Å². The van der Waals surface area contributed by atoms with Crippen molar-refractivity contribution in [2.75, 3.05) is 0 Å². The van der Waals surface area contributed by atoms with Crippen LogP contribution in [0.5, 0.6) is 0 Å². The number of para-hydroxylation sites is 2. The van der Waals surface area contributed by atoms with Crippen LogP contribution in [0.3, 0.4) is 0 Å². The molecule has 2 aromatic heterocycles. The maximum absolute atomic E-state index is 5.97. The highest BCUT2D eigenvalue weighted by Crippen LogP contribution is 2.27. The summed E-state index contributed by atoms with van der Waals surface area (Å²) in [6.45, 7) is 0. The lowest BCUT2D eigenvalue weighted by atomic mass is 10.3. The Balaban J connectivity index is 2.16. The molecule has 102 valence electrons. The second kappa shape index (κ2) is 6.42. The molecule has 0 spiro atoms. The largest absolute Gasteiger partial charge is 0.232 e. The summed E-state index contributed by atoms with van der Waals surface area (Å²) in [5, 5.41) is 0.820. The van der Waals surface area contributed by atoms with Crippen LogP contribution in [0.4, 0.5) is 11.4 Å². The van der Waals surface area contributed by atoms with Crippen molar-refractivity contribution in [3.8, 4) is 0 Å². The Labute approximate surface area is 138 Å². The lowest BCUT2D eigenvalue weighted by molar-refractivity contribution is 1.32. The van der Waals surface area contributed by atoms with E-state index in [1.807, 2.05) is 24.3 Å². The Morgan fingerprint density at radius 1 is 0.800 bits per heavy atom. The van der Waals surface area contributed by atoms with E-state index >= 15 is 0 Å². The topological polar surface area (TPSA) is 50.5 Å². The molecule has 20 heavy (non-hydrogen) atoms. The molecular weight excluding hydrogens is 375 g/mol. The summed E-state index contributed by atoms with van der Waals surface area (Å²) in [7, 11) is 5.46. The third-order valence-corrected chi connectivity index (χ3v) is 6.49. The molecule has 10 heteroatoms. The van der Waals surface area contributed by atoms with Gasteiger partial charge in [0.15, 0.2) is 19.6 Å². The van der Waals surface area contributed by atoms with Gasteiger partial charge in [-0.05, 0) is 32.8 Å². The highest BCUT2D eigenvalue weighted by atomic mass is 35.5. The fraction of sp³-hybridized carbons (Fsp3) is 0. The van der Waals surface area contributed by atoms with Crippen LogP contribution in [0, 0.1) is 0 Å². The Bertz CT molecular complexity index is 789. The van der Waals surface area contributed by atoms with Gasteiger partial charge < -0.3 is 0 Å². The molecule has 0 amide bonds. The zero-order chi connectivity index (χ0) is 13.9. The second-order valence-corrected chi connectivity index (χ2v) is 7.78. The fourth-order valence-electron chi connectivity index (χ4n) is 1.32. The van der Waals surface area contributed by atoms with Crippen molar-refractivity contribution in [3.05, 3.63) is 43.9 Å². The van der Waals surface area contributed by atoms with Gasteiger partial charge >= 0.3 is 0 Å². The first-order valence-electron chi connectivity index (χ1n) is 5.15. The van der Waals surface area contributed by atoms with Crippen molar-refractivity contribution < 1.29 is 0 Å². The number of halogens is 2. The average molecular weight is 379 g/mol. The van der Waals surface area contributed by atoms with E-state index in [0.29, 0.717) is 19.6 Å². The minimum atomic E-state index is 0.410. The number of rotatable bonds is 2. The molecule has 3 aromatic rings. The van der Waals surface area contributed by atoms with Gasteiger partial charge in [0.25, 0.3) is 0 Å². The first kappa shape index (κ1) is 14.3. The highest BCUT2D eigenvalue weighted by Gasteiger charge is 2.03. The molecule has 0 bridgehead atoms. The predicted octanol–water partition coefficient (Wildman–Crippen LogP) is 4.49. The van der Waals surface area contributed by atoms with Crippen molar-refractivity contribution in [2.24, 2.45) is 9.98 Å². The zero-order valence-corrected chi connectivity index (χ0v) is 14.3. The van der Waals surface area contributed by atoms with Crippen LogP contribution < -0.4 is 9.34 Å². The van der Waals surface area contributed by atoms with Gasteiger partial charge in [0.1, 0.15) is 0 Å². The van der Waals surface area contributed by atoms with Gasteiger partial charge in [-0.3, -0.25) is 0 Å². The van der Waals surface area contributed by atoms with Crippen LogP contribution in [0.2, 0.25) is 10.3 Å². The van der Waals surface area contributed by atoms with Crippen LogP contribution in [-0.4, -0.2) is 8.75 Å². The maximum atomic E-state index is 5.97. The third-order valence-electron chi connectivity index (χ3n) is 2.15. The van der Waals surface area contributed by atoms with E-state index in [1.165, 1.54) is 41.8 Å². The van der Waals surface area contributed by atoms with Crippen LogP contribution >= 0.6 is 65.0 Å². The SMILES string of the molecule is Clc1nssc1=Nc1ccccc1N=c1ssnc1Cl. The molecule has 0 aliphatic heterocycles. The van der Waals surface area contributed by atoms with Crippen LogP contribution in [0.25, 0.3) is 0 Å². The van der Waals surface area contributed by atoms with Crippen molar-refractivity contribution in [1.82, 2.24) is 8.75 Å². The lowest BCUT2D eigenvalue weighted by Crippen LogP contribution is -1.94. The number of hydrogen-bond acceptors (Lipinski definition) is 8. The zero-order valence-electron chi connectivity index (χ0n) is 9.49. The second-order valence-electron chi connectivity index (χ2n) is 3.40. The van der Waals surface area contributed by atoms with Gasteiger partial charge in [0.05, 0.1) is 11.4 Å². The van der Waals surface area contributed by atoms with E-state index < -0.39 is 0 Å². The molecule has 4 nitrogen and oxygen atoms in total. The highest BCUT2D eigenvalue weighted by molar-refractivity contribution is 7.66. The molecule has 2 heterocycles. The molecule has 0 saturated carbocycles. The molecule has 1 aromatic carbocycles. The molecule has 0 fully saturated rings. The van der Waals surface area contributed by atoms with E-state index in [9.17, 15) is 0 Å². The summed E-state index contributed by atoms with van der Waals surface area (Å²) in [5.41, 5.74) is 1.45. The van der Waals surface area contributed by atoms with Crippen LogP contribution in [0.1, 0.15) is 0 Å². The average Bonchev–Trinajstić information content (AvgIpc) is 3.02. The van der Waals surface area contributed by atoms with Crippen molar-refractivity contribution >= 4 is 76.3 Å². The Hall–Kier alpha value is -0.640. The van der Waals surface area contributed by atoms with Gasteiger partial charge in [-0.1, -0.05) is 35.3 Å². The molecule has 0 unspecified atom stereocenters. The Morgan fingerprint density at radius 2 is 1.25 bits per heavy atom. The van der Waals surface area contributed by atoms with Crippen molar-refractivity contribution in [2.45, 2.75) is 0 Å². The van der Waals surface area contributed by atoms with E-state index in [4.69, 9.17) is 23.2 Å². The molecule has 0 N–H and O–H groups in total. The molecule has 0 aliphatic rings. The molecule has 0 saturated heterocycles. The minimum absolute atomic E-state index is 0.410. The standard InChI is InChI=1S/C10H4Cl2N4S4/c11-7-9(17-19-15-7)13-5-3-1-2-4-6(5)14-10-8(12)16-20-18-10/h1-4H. The Kier molecular flexibility index (Phi) is 4.59. The number of benzene rings is 1. The molecule has 0 aliphatic carbocycles. The smallest absolute Gasteiger partial charge is 0.179 e. The maximum Gasteiger partial charge on any atom is 0.179 e. The summed E-state index contributed by atoms with van der Waals surface area (Å²) in [6, 6.07) is 7.54. The number of aromatic nitrogens is 2. The first-order chi connectivity index (χ1) is 9.74. The van der Waals surface area contributed by atoms with Crippen LogP contribution in [0.15, 0.2) is 34.3 Å². The molecule has 3 rings (SSSR count). The summed E-state index contributed by atoms with van der Waals surface area (Å²) >= 11 is 11.9. The van der Waals surface area contributed by atoms with E-state index in [-0.39, 0.29) is 0 Å². The molecular formula is C10H4Cl2N4S4. The summed E-state index contributed by atoms with van der Waals surface area (Å²) < 4.78 is 9.37. The fourth-order valence-corrected chi connectivity index (χ4v) is 5.29. The summed E-state index contributed by atoms with van der Waals surface area (Å²) in [4.78, 5) is 8.99. The predicted molar refractivity (Wildman–Crippen MR) is 86.9 cm³/mol. The quantitative estimate of drug-likeness (QED) is 0.616. The van der Waals surface area contributed by atoms with Crippen LogP contribution in [-0.2, 0) is 0 Å². The number of hydrogen-bond donors (Lipinski definition) is 0. The van der Waals surface area contributed by atoms with Gasteiger partial charge in [-0.15, -0.1) is 0 Å². The normalized spacial score (nSPS) is 13.1. The van der Waals surface area contributed by atoms with Gasteiger partial charge in [-0.2, -0.15) is 8.75 Å². The van der Waals surface area contributed by atoms with Gasteiger partial charge in [0.2, 0.25) is 0 Å². The van der Waals surface area contributed by atoms with Crippen molar-refractivity contribution in [3.63, 3.8) is 0 Å². The van der Waals surface area contributed by atoms with E-state index in [0.717, 1.165) is 11.4 Å². The monoisotopic (exact) mass is 378 g/mol. The first-order valence-corrected chi connectivity index (χ1v) is 10.1.